The number of aromatic nitrogens is 2. The topological polar surface area (TPSA) is 117 Å². The van der Waals surface area contributed by atoms with Crippen LogP contribution in [0.3, 0.4) is 0 Å². The molecule has 7 aromatic carbocycles. The highest BCUT2D eigenvalue weighted by Crippen LogP contribution is 2.49. The van der Waals surface area contributed by atoms with Gasteiger partial charge in [-0.2, -0.15) is 16.8 Å². The molecule has 0 N–H and O–H groups in total. The van der Waals surface area contributed by atoms with E-state index in [-0.39, 0.29) is 32.4 Å². The van der Waals surface area contributed by atoms with Crippen molar-refractivity contribution in [2.45, 2.75) is 56.4 Å². The van der Waals surface area contributed by atoms with E-state index in [1.54, 1.807) is 24.3 Å². The van der Waals surface area contributed by atoms with Crippen LogP contribution in [-0.2, 0) is 32.2 Å². The first kappa shape index (κ1) is 37.3. The van der Waals surface area contributed by atoms with Gasteiger partial charge in [0.15, 0.2) is 11.5 Å². The molecule has 1 aromatic heterocycles. The summed E-state index contributed by atoms with van der Waals surface area (Å²) in [5.74, 6) is 0.248. The number of nitrogens with zero attached hydrogens (tertiary/aromatic N) is 3. The van der Waals surface area contributed by atoms with Gasteiger partial charge < -0.3 is 12.9 Å². The summed E-state index contributed by atoms with van der Waals surface area (Å²) >= 11 is 0. The lowest BCUT2D eigenvalue weighted by Gasteiger charge is -2.26. The van der Waals surface area contributed by atoms with Gasteiger partial charge in [-0.15, -0.1) is 0 Å². The Morgan fingerprint density at radius 2 is 1.14 bits per heavy atom. The van der Waals surface area contributed by atoms with Crippen molar-refractivity contribution >= 4 is 64.2 Å². The van der Waals surface area contributed by atoms with E-state index >= 15 is 0 Å². The van der Waals surface area contributed by atoms with Crippen LogP contribution in [0.15, 0.2) is 148 Å². The Kier molecular flexibility index (Phi) is 8.79. The number of hydrogen-bond acceptors (Lipinski definition) is 8. The van der Waals surface area contributed by atoms with E-state index in [9.17, 15) is 16.8 Å². The van der Waals surface area contributed by atoms with Gasteiger partial charge in [-0.3, -0.25) is 4.99 Å². The Balaban J connectivity index is 1.33. The van der Waals surface area contributed by atoms with E-state index in [2.05, 4.69) is 0 Å². The molecule has 2 heterocycles. The van der Waals surface area contributed by atoms with E-state index in [0.29, 0.717) is 29.3 Å². The van der Waals surface area contributed by atoms with Crippen LogP contribution in [-0.4, -0.2) is 32.1 Å². The molecule has 0 radical (unpaired) electrons. The number of rotatable bonds is 9. The molecule has 0 amide bonds. The highest BCUT2D eigenvalue weighted by molar-refractivity contribution is 7.87. The van der Waals surface area contributed by atoms with Crippen molar-refractivity contribution in [1.82, 2.24) is 9.55 Å². The third-order valence-corrected chi connectivity index (χ3v) is 13.4. The van der Waals surface area contributed by atoms with Gasteiger partial charge in [0.2, 0.25) is 0 Å². The number of benzene rings is 7. The number of aliphatic imine (C=N–C) groups is 1. The van der Waals surface area contributed by atoms with Crippen LogP contribution >= 0.6 is 0 Å². The number of aryl methyl sites for hydroxylation is 3. The van der Waals surface area contributed by atoms with Gasteiger partial charge in [-0.25, -0.2) is 4.98 Å². The first-order chi connectivity index (χ1) is 27.7. The van der Waals surface area contributed by atoms with Crippen molar-refractivity contribution in [2.24, 2.45) is 4.99 Å². The zero-order chi connectivity index (χ0) is 40.6. The summed E-state index contributed by atoms with van der Waals surface area (Å²) in [7, 11) is -8.85. The second-order valence-electron chi connectivity index (χ2n) is 15.1. The van der Waals surface area contributed by atoms with Crippen LogP contribution in [0.1, 0.15) is 43.0 Å². The standard InChI is InChI=1S/C47H39N3O6S2/c1-6-50-44-36-14-10-8-12-32(36)20-26-40(44)49-46(50)38-28-41(55-57(51,52)33-21-15-29(2)16-22-33)37(27-42(38)56-58(53,54)34-23-17-30(3)18-24-34)45-47(4,5)43-35-13-9-7-11-31(35)19-25-39(43)48-45/h7-28H,6H2,1-5H3. The predicted octanol–water partition coefficient (Wildman–Crippen LogP) is 10.6. The van der Waals surface area contributed by atoms with Crippen molar-refractivity contribution < 1.29 is 25.2 Å². The fourth-order valence-corrected chi connectivity index (χ4v) is 9.88. The Hall–Kier alpha value is -6.30. The normalized spacial score (nSPS) is 13.8. The van der Waals surface area contributed by atoms with Crippen LogP contribution < -0.4 is 8.37 Å². The highest BCUT2D eigenvalue weighted by Gasteiger charge is 2.40. The number of hydrogen-bond donors (Lipinski definition) is 0. The molecular formula is C47H39N3O6S2. The Morgan fingerprint density at radius 1 is 0.621 bits per heavy atom. The van der Waals surface area contributed by atoms with E-state index < -0.39 is 25.7 Å². The molecule has 11 heteroatoms. The van der Waals surface area contributed by atoms with Crippen LogP contribution in [0, 0.1) is 13.8 Å². The van der Waals surface area contributed by atoms with E-state index in [0.717, 1.165) is 43.8 Å². The van der Waals surface area contributed by atoms with Gasteiger partial charge in [-0.1, -0.05) is 110 Å². The molecule has 290 valence electrons. The minimum absolute atomic E-state index is 0.0398. The van der Waals surface area contributed by atoms with Crippen LogP contribution in [0.2, 0.25) is 0 Å². The molecule has 58 heavy (non-hydrogen) atoms. The van der Waals surface area contributed by atoms with Gasteiger partial charge in [0.05, 0.1) is 28.0 Å². The lowest BCUT2D eigenvalue weighted by atomic mass is 9.76. The van der Waals surface area contributed by atoms with Crippen LogP contribution in [0.4, 0.5) is 5.69 Å². The smallest absolute Gasteiger partial charge is 0.339 e. The summed E-state index contributed by atoms with van der Waals surface area (Å²) in [6, 6.07) is 39.7. The molecule has 8 aromatic rings. The Bertz CT molecular complexity index is 3220. The molecule has 9 nitrogen and oxygen atoms in total. The maximum absolute atomic E-state index is 14.2. The van der Waals surface area contributed by atoms with E-state index in [4.69, 9.17) is 18.3 Å². The molecule has 0 spiro atoms. The third kappa shape index (κ3) is 6.22. The molecule has 0 fully saturated rings. The van der Waals surface area contributed by atoms with Crippen molar-refractivity contribution in [3.8, 4) is 22.9 Å². The summed E-state index contributed by atoms with van der Waals surface area (Å²) in [6.07, 6.45) is 0. The molecule has 1 aliphatic rings. The Morgan fingerprint density at radius 3 is 1.74 bits per heavy atom. The molecule has 0 saturated heterocycles. The lowest BCUT2D eigenvalue weighted by Crippen LogP contribution is -2.28. The largest absolute Gasteiger partial charge is 0.378 e. The summed E-state index contributed by atoms with van der Waals surface area (Å²) in [5, 5.41) is 3.99. The van der Waals surface area contributed by atoms with E-state index in [1.807, 2.05) is 112 Å². The van der Waals surface area contributed by atoms with Crippen LogP contribution in [0.25, 0.3) is 44.0 Å². The number of imidazole rings is 1. The average Bonchev–Trinajstić information content (AvgIpc) is 3.72. The fraction of sp³-hybridized carbons (Fsp3) is 0.149. The predicted molar refractivity (Wildman–Crippen MR) is 230 cm³/mol. The zero-order valence-corrected chi connectivity index (χ0v) is 34.1. The van der Waals surface area contributed by atoms with Crippen molar-refractivity contribution in [2.75, 3.05) is 0 Å². The summed E-state index contributed by atoms with van der Waals surface area (Å²) in [4.78, 5) is 10.1. The maximum Gasteiger partial charge on any atom is 0.339 e. The lowest BCUT2D eigenvalue weighted by molar-refractivity contribution is 0.477. The molecule has 1 aliphatic heterocycles. The molecule has 0 bridgehead atoms. The molecule has 9 rings (SSSR count). The van der Waals surface area contributed by atoms with Crippen molar-refractivity contribution in [3.63, 3.8) is 0 Å². The second kappa shape index (κ2) is 13.7. The molecule has 0 unspecified atom stereocenters. The number of fused-ring (bicyclic) bond motifs is 6. The van der Waals surface area contributed by atoms with Crippen molar-refractivity contribution in [1.29, 1.82) is 0 Å². The zero-order valence-electron chi connectivity index (χ0n) is 32.5. The summed E-state index contributed by atoms with van der Waals surface area (Å²) in [5.41, 5.74) is 5.09. The molecular weight excluding hydrogens is 767 g/mol. The molecule has 0 atom stereocenters. The van der Waals surface area contributed by atoms with Gasteiger partial charge in [0.25, 0.3) is 0 Å². The molecule has 0 saturated carbocycles. The van der Waals surface area contributed by atoms with Gasteiger partial charge in [-0.05, 0) is 91.0 Å². The van der Waals surface area contributed by atoms with Crippen LogP contribution in [0.5, 0.6) is 11.5 Å². The Labute approximate surface area is 337 Å². The maximum atomic E-state index is 14.2. The summed E-state index contributed by atoms with van der Waals surface area (Å²) in [6.45, 7) is 10.2. The van der Waals surface area contributed by atoms with E-state index in [1.165, 1.54) is 36.4 Å². The second-order valence-corrected chi connectivity index (χ2v) is 18.2. The SMILES string of the molecule is CCn1c(-c2cc(OS(=O)(=O)c3ccc(C)cc3)c(C3=Nc4ccc5ccccc5c4C3(C)C)cc2OS(=O)(=O)c2ccc(C)cc2)nc2ccc3ccccc3c21. The van der Waals surface area contributed by atoms with Gasteiger partial charge >= 0.3 is 20.2 Å². The monoisotopic (exact) mass is 805 g/mol. The minimum Gasteiger partial charge on any atom is -0.378 e. The minimum atomic E-state index is -4.43. The summed E-state index contributed by atoms with van der Waals surface area (Å²) < 4.78 is 71.1. The molecule has 0 aliphatic carbocycles. The third-order valence-electron chi connectivity index (χ3n) is 10.9. The highest BCUT2D eigenvalue weighted by atomic mass is 32.2. The average molecular weight is 806 g/mol. The first-order valence-electron chi connectivity index (χ1n) is 19.0. The quantitative estimate of drug-likeness (QED) is 0.133. The first-order valence-corrected chi connectivity index (χ1v) is 21.8. The fourth-order valence-electron chi connectivity index (χ4n) is 8.00. The van der Waals surface area contributed by atoms with Gasteiger partial charge in [0.1, 0.15) is 15.6 Å². The van der Waals surface area contributed by atoms with Crippen molar-refractivity contribution in [3.05, 3.63) is 156 Å². The van der Waals surface area contributed by atoms with Gasteiger partial charge in [0, 0.05) is 22.9 Å².